The van der Waals surface area contributed by atoms with Gasteiger partial charge >= 0.3 is 5.97 Å². The number of hydrogen-bond donors (Lipinski definition) is 1. The lowest BCUT2D eigenvalue weighted by Gasteiger charge is -2.05. The number of fused-ring (bicyclic) bond motifs is 1. The van der Waals surface area contributed by atoms with Crippen molar-refractivity contribution in [3.63, 3.8) is 0 Å². The molecule has 0 bridgehead atoms. The van der Waals surface area contributed by atoms with Crippen molar-refractivity contribution in [3.05, 3.63) is 43.9 Å². The first-order chi connectivity index (χ1) is 7.09. The molecule has 2 rings (SSSR count). The number of hydrogen-bond acceptors (Lipinski definition) is 1. The van der Waals surface area contributed by atoms with E-state index in [0.717, 1.165) is 18.8 Å². The third-order valence-electron chi connectivity index (χ3n) is 2.12. The number of rotatable bonds is 1. The summed E-state index contributed by atoms with van der Waals surface area (Å²) >= 11 is 5.49. The quantitative estimate of drug-likeness (QED) is 0.766. The van der Waals surface area contributed by atoms with Gasteiger partial charge in [0.25, 0.3) is 0 Å². The molecule has 0 spiro atoms. The molecule has 0 aliphatic rings. The number of carboxylic acids is 1. The predicted octanol–water partition coefficient (Wildman–Crippen LogP) is 3.91. The molecule has 0 aliphatic carbocycles. The van der Waals surface area contributed by atoms with E-state index in [1.807, 2.05) is 24.3 Å². The van der Waals surface area contributed by atoms with Gasteiger partial charge in [0.1, 0.15) is 0 Å². The second-order valence-electron chi connectivity index (χ2n) is 3.10. The Bertz CT molecular complexity index is 552. The van der Waals surface area contributed by atoms with Gasteiger partial charge in [0, 0.05) is 13.4 Å². The SMILES string of the molecule is O=C(O)c1cc(I)cc2cccc(Br)c12. The summed E-state index contributed by atoms with van der Waals surface area (Å²) in [4.78, 5) is 11.1. The van der Waals surface area contributed by atoms with Crippen LogP contribution < -0.4 is 0 Å². The third-order valence-corrected chi connectivity index (χ3v) is 3.40. The number of halogens is 2. The summed E-state index contributed by atoms with van der Waals surface area (Å²) in [6.07, 6.45) is 0. The van der Waals surface area contributed by atoms with Crippen LogP contribution in [0.5, 0.6) is 0 Å². The Morgan fingerprint density at radius 1 is 1.33 bits per heavy atom. The standard InChI is InChI=1S/C11H6BrIO2/c12-9-3-1-2-6-4-7(13)5-8(10(6)9)11(14)15/h1-5H,(H,14,15). The zero-order valence-corrected chi connectivity index (χ0v) is 11.2. The lowest BCUT2D eigenvalue weighted by Crippen LogP contribution is -1.98. The first kappa shape index (κ1) is 10.9. The topological polar surface area (TPSA) is 37.3 Å². The molecular weight excluding hydrogens is 371 g/mol. The van der Waals surface area contributed by atoms with Crippen molar-refractivity contribution in [2.24, 2.45) is 0 Å². The molecule has 2 aromatic carbocycles. The molecule has 2 nitrogen and oxygen atoms in total. The number of aromatic carboxylic acids is 1. The molecule has 0 saturated carbocycles. The Labute approximate surface area is 109 Å². The summed E-state index contributed by atoms with van der Waals surface area (Å²) < 4.78 is 1.74. The maximum Gasteiger partial charge on any atom is 0.336 e. The summed E-state index contributed by atoms with van der Waals surface area (Å²) in [7, 11) is 0. The van der Waals surface area contributed by atoms with Crippen LogP contribution in [0, 0.1) is 3.57 Å². The molecule has 1 N–H and O–H groups in total. The maximum absolute atomic E-state index is 11.1. The fourth-order valence-corrected chi connectivity index (χ4v) is 2.76. The molecule has 76 valence electrons. The van der Waals surface area contributed by atoms with Crippen molar-refractivity contribution in [1.29, 1.82) is 0 Å². The lowest BCUT2D eigenvalue weighted by molar-refractivity contribution is 0.0699. The normalized spacial score (nSPS) is 10.5. The molecule has 0 atom stereocenters. The lowest BCUT2D eigenvalue weighted by atomic mass is 10.1. The van der Waals surface area contributed by atoms with Crippen LogP contribution >= 0.6 is 38.5 Å². The van der Waals surface area contributed by atoms with Gasteiger partial charge in [0.15, 0.2) is 0 Å². The molecule has 4 heteroatoms. The minimum atomic E-state index is -0.898. The number of benzene rings is 2. The van der Waals surface area contributed by atoms with Crippen molar-refractivity contribution in [3.8, 4) is 0 Å². The molecule has 0 saturated heterocycles. The molecule has 0 unspecified atom stereocenters. The predicted molar refractivity (Wildman–Crippen MR) is 71.3 cm³/mol. The fourth-order valence-electron chi connectivity index (χ4n) is 1.51. The average molecular weight is 377 g/mol. The van der Waals surface area contributed by atoms with Gasteiger partial charge in [-0.2, -0.15) is 0 Å². The number of carbonyl (C=O) groups is 1. The van der Waals surface area contributed by atoms with Crippen LogP contribution in [0.1, 0.15) is 10.4 Å². The van der Waals surface area contributed by atoms with E-state index in [1.54, 1.807) is 6.07 Å². The monoisotopic (exact) mass is 376 g/mol. The highest BCUT2D eigenvalue weighted by atomic mass is 127. The van der Waals surface area contributed by atoms with Crippen LogP contribution in [0.4, 0.5) is 0 Å². The van der Waals surface area contributed by atoms with E-state index >= 15 is 0 Å². The molecule has 0 fully saturated rings. The van der Waals surface area contributed by atoms with Crippen molar-refractivity contribution >= 4 is 55.3 Å². The summed E-state index contributed by atoms with van der Waals surface area (Å²) in [5.41, 5.74) is 0.337. The van der Waals surface area contributed by atoms with Crippen LogP contribution in [-0.4, -0.2) is 11.1 Å². The zero-order chi connectivity index (χ0) is 11.0. The zero-order valence-electron chi connectivity index (χ0n) is 7.50. The molecule has 0 aromatic heterocycles. The van der Waals surface area contributed by atoms with Crippen LogP contribution in [0.15, 0.2) is 34.8 Å². The van der Waals surface area contributed by atoms with Crippen molar-refractivity contribution in [2.45, 2.75) is 0 Å². The van der Waals surface area contributed by atoms with Crippen molar-refractivity contribution in [1.82, 2.24) is 0 Å². The van der Waals surface area contributed by atoms with Gasteiger partial charge in [0.2, 0.25) is 0 Å². The summed E-state index contributed by atoms with van der Waals surface area (Å²) in [5.74, 6) is -0.898. The Kier molecular flexibility index (Phi) is 2.97. The smallest absolute Gasteiger partial charge is 0.336 e. The minimum Gasteiger partial charge on any atom is -0.478 e. The third kappa shape index (κ3) is 2.01. The Hall–Kier alpha value is -0.620. The highest BCUT2D eigenvalue weighted by Gasteiger charge is 2.11. The van der Waals surface area contributed by atoms with Gasteiger partial charge in [-0.25, -0.2) is 4.79 Å². The second kappa shape index (κ2) is 4.09. The van der Waals surface area contributed by atoms with Gasteiger partial charge in [-0.3, -0.25) is 0 Å². The second-order valence-corrected chi connectivity index (χ2v) is 5.20. The Morgan fingerprint density at radius 3 is 2.73 bits per heavy atom. The van der Waals surface area contributed by atoms with E-state index in [0.29, 0.717) is 5.56 Å². The van der Waals surface area contributed by atoms with Crippen molar-refractivity contribution in [2.75, 3.05) is 0 Å². The molecule has 2 aromatic rings. The highest BCUT2D eigenvalue weighted by molar-refractivity contribution is 14.1. The molecule has 0 heterocycles. The van der Waals surface area contributed by atoms with Crippen LogP contribution in [0.2, 0.25) is 0 Å². The van der Waals surface area contributed by atoms with E-state index in [1.165, 1.54) is 0 Å². The number of carboxylic acid groups (broad SMARTS) is 1. The van der Waals surface area contributed by atoms with Crippen LogP contribution in [0.3, 0.4) is 0 Å². The van der Waals surface area contributed by atoms with E-state index in [2.05, 4.69) is 38.5 Å². The van der Waals surface area contributed by atoms with E-state index in [4.69, 9.17) is 5.11 Å². The maximum atomic E-state index is 11.1. The largest absolute Gasteiger partial charge is 0.478 e. The Balaban J connectivity index is 2.94. The minimum absolute atomic E-state index is 0.337. The summed E-state index contributed by atoms with van der Waals surface area (Å²) in [6, 6.07) is 9.30. The van der Waals surface area contributed by atoms with Gasteiger partial charge in [-0.1, -0.05) is 28.1 Å². The van der Waals surface area contributed by atoms with E-state index < -0.39 is 5.97 Å². The molecule has 0 amide bonds. The molecule has 0 radical (unpaired) electrons. The van der Waals surface area contributed by atoms with E-state index in [9.17, 15) is 4.79 Å². The molecular formula is C11H6BrIO2. The fraction of sp³-hybridized carbons (Fsp3) is 0. The highest BCUT2D eigenvalue weighted by Crippen LogP contribution is 2.29. The van der Waals surface area contributed by atoms with Crippen LogP contribution in [-0.2, 0) is 0 Å². The van der Waals surface area contributed by atoms with E-state index in [-0.39, 0.29) is 0 Å². The molecule has 0 aliphatic heterocycles. The summed E-state index contributed by atoms with van der Waals surface area (Å²) in [6.45, 7) is 0. The van der Waals surface area contributed by atoms with Crippen molar-refractivity contribution < 1.29 is 9.90 Å². The van der Waals surface area contributed by atoms with Gasteiger partial charge in [0.05, 0.1) is 5.56 Å². The first-order valence-corrected chi connectivity index (χ1v) is 6.08. The van der Waals surface area contributed by atoms with Gasteiger partial charge in [-0.05, 0) is 46.2 Å². The average Bonchev–Trinajstić information content (AvgIpc) is 2.16. The molecule has 15 heavy (non-hydrogen) atoms. The Morgan fingerprint density at radius 2 is 2.07 bits per heavy atom. The van der Waals surface area contributed by atoms with Crippen LogP contribution in [0.25, 0.3) is 10.8 Å². The summed E-state index contributed by atoms with van der Waals surface area (Å²) in [5, 5.41) is 10.8. The van der Waals surface area contributed by atoms with Gasteiger partial charge in [-0.15, -0.1) is 0 Å². The first-order valence-electron chi connectivity index (χ1n) is 4.20. The van der Waals surface area contributed by atoms with Gasteiger partial charge < -0.3 is 5.11 Å².